The molecule has 4 nitrogen and oxygen atoms in total. The van der Waals surface area contributed by atoms with Crippen LogP contribution in [0.15, 0.2) is 33.5 Å². The minimum absolute atomic E-state index is 0.461. The van der Waals surface area contributed by atoms with Crippen molar-refractivity contribution in [3.63, 3.8) is 0 Å². The van der Waals surface area contributed by atoms with E-state index >= 15 is 0 Å². The van der Waals surface area contributed by atoms with E-state index in [1.807, 2.05) is 12.1 Å². The molecular formula is C16H17NO3. The quantitative estimate of drug-likeness (QED) is 0.772. The van der Waals surface area contributed by atoms with Crippen LogP contribution in [0, 0.1) is 0 Å². The van der Waals surface area contributed by atoms with Crippen molar-refractivity contribution in [1.29, 1.82) is 0 Å². The maximum absolute atomic E-state index is 5.77. The number of piperidine rings is 1. The van der Waals surface area contributed by atoms with E-state index in [1.54, 1.807) is 19.6 Å². The van der Waals surface area contributed by atoms with Crippen LogP contribution in [0.1, 0.15) is 24.3 Å². The Bertz CT molecular complexity index is 698. The Balaban J connectivity index is 2.05. The summed E-state index contributed by atoms with van der Waals surface area (Å²) in [6.45, 7) is 2.09. The van der Waals surface area contributed by atoms with Gasteiger partial charge >= 0.3 is 0 Å². The van der Waals surface area contributed by atoms with Gasteiger partial charge in [0.05, 0.1) is 25.0 Å². The molecule has 1 saturated heterocycles. The first-order valence-corrected chi connectivity index (χ1v) is 7.05. The molecule has 104 valence electrons. The number of furan rings is 2. The van der Waals surface area contributed by atoms with Gasteiger partial charge in [0.1, 0.15) is 5.58 Å². The zero-order chi connectivity index (χ0) is 13.5. The molecule has 0 radical (unpaired) electrons. The van der Waals surface area contributed by atoms with Crippen molar-refractivity contribution in [2.75, 3.05) is 20.2 Å². The van der Waals surface area contributed by atoms with Gasteiger partial charge in [0.2, 0.25) is 0 Å². The van der Waals surface area contributed by atoms with Gasteiger partial charge in [0.25, 0.3) is 0 Å². The van der Waals surface area contributed by atoms with Crippen LogP contribution < -0.4 is 10.1 Å². The molecule has 0 aliphatic carbocycles. The summed E-state index contributed by atoms with van der Waals surface area (Å²) in [7, 11) is 1.67. The van der Waals surface area contributed by atoms with E-state index in [0.29, 0.717) is 5.92 Å². The van der Waals surface area contributed by atoms with Crippen molar-refractivity contribution in [3.8, 4) is 5.75 Å². The summed E-state index contributed by atoms with van der Waals surface area (Å²) >= 11 is 0. The summed E-state index contributed by atoms with van der Waals surface area (Å²) in [6.07, 6.45) is 5.82. The molecule has 4 rings (SSSR count). The average Bonchev–Trinajstić information content (AvgIpc) is 3.14. The number of ether oxygens (including phenoxy) is 1. The van der Waals surface area contributed by atoms with E-state index in [-0.39, 0.29) is 0 Å². The van der Waals surface area contributed by atoms with Gasteiger partial charge in [-0.25, -0.2) is 0 Å². The van der Waals surface area contributed by atoms with E-state index in [4.69, 9.17) is 13.6 Å². The van der Waals surface area contributed by atoms with Gasteiger partial charge in [0.15, 0.2) is 11.3 Å². The predicted molar refractivity (Wildman–Crippen MR) is 77.4 cm³/mol. The lowest BCUT2D eigenvalue weighted by molar-refractivity contribution is 0.414. The molecule has 0 saturated carbocycles. The Kier molecular flexibility index (Phi) is 2.70. The molecule has 0 spiro atoms. The van der Waals surface area contributed by atoms with Crippen LogP contribution in [0.2, 0.25) is 0 Å². The first-order chi connectivity index (χ1) is 9.90. The molecule has 2 aromatic heterocycles. The first kappa shape index (κ1) is 11.9. The lowest BCUT2D eigenvalue weighted by Gasteiger charge is -2.24. The smallest absolute Gasteiger partial charge is 0.176 e. The summed E-state index contributed by atoms with van der Waals surface area (Å²) in [4.78, 5) is 0. The fraction of sp³-hybridized carbons (Fsp3) is 0.375. The lowest BCUT2D eigenvalue weighted by Crippen LogP contribution is -2.28. The van der Waals surface area contributed by atoms with E-state index in [1.165, 1.54) is 18.4 Å². The zero-order valence-corrected chi connectivity index (χ0v) is 11.4. The number of benzene rings is 1. The number of nitrogens with one attached hydrogen (secondary N) is 1. The molecular weight excluding hydrogens is 254 g/mol. The van der Waals surface area contributed by atoms with Crippen molar-refractivity contribution in [2.45, 2.75) is 18.8 Å². The molecule has 1 fully saturated rings. The summed E-state index contributed by atoms with van der Waals surface area (Å²) in [5.41, 5.74) is 3.01. The van der Waals surface area contributed by atoms with Crippen LogP contribution >= 0.6 is 0 Å². The van der Waals surface area contributed by atoms with Gasteiger partial charge < -0.3 is 18.9 Å². The Morgan fingerprint density at radius 3 is 2.70 bits per heavy atom. The van der Waals surface area contributed by atoms with Crippen LogP contribution in [0.5, 0.6) is 5.75 Å². The van der Waals surface area contributed by atoms with Crippen molar-refractivity contribution < 1.29 is 13.6 Å². The maximum atomic E-state index is 5.77. The molecule has 1 atom stereocenters. The van der Waals surface area contributed by atoms with Crippen LogP contribution in [-0.4, -0.2) is 20.2 Å². The summed E-state index contributed by atoms with van der Waals surface area (Å²) in [5, 5.41) is 5.58. The molecule has 20 heavy (non-hydrogen) atoms. The minimum atomic E-state index is 0.461. The summed E-state index contributed by atoms with van der Waals surface area (Å²) < 4.78 is 17.0. The molecule has 1 aliphatic heterocycles. The summed E-state index contributed by atoms with van der Waals surface area (Å²) in [5.74, 6) is 1.23. The third-order valence-electron chi connectivity index (χ3n) is 4.23. The van der Waals surface area contributed by atoms with E-state index in [9.17, 15) is 0 Å². The Hall–Kier alpha value is -1.94. The highest BCUT2D eigenvalue weighted by molar-refractivity contribution is 6.04. The van der Waals surface area contributed by atoms with Gasteiger partial charge in [0, 0.05) is 23.4 Å². The molecule has 1 aromatic carbocycles. The molecule has 0 bridgehead atoms. The molecule has 3 aromatic rings. The van der Waals surface area contributed by atoms with E-state index < -0.39 is 0 Å². The fourth-order valence-electron chi connectivity index (χ4n) is 3.34. The molecule has 3 heterocycles. The molecule has 1 aliphatic rings. The van der Waals surface area contributed by atoms with Gasteiger partial charge in [-0.05, 0) is 31.5 Å². The lowest BCUT2D eigenvalue weighted by atomic mass is 9.88. The first-order valence-electron chi connectivity index (χ1n) is 7.05. The number of hydrogen-bond acceptors (Lipinski definition) is 4. The van der Waals surface area contributed by atoms with Crippen LogP contribution in [0.4, 0.5) is 0 Å². The monoisotopic (exact) mass is 271 g/mol. The van der Waals surface area contributed by atoms with Crippen molar-refractivity contribution in [3.05, 3.63) is 30.2 Å². The van der Waals surface area contributed by atoms with Gasteiger partial charge in [-0.3, -0.25) is 0 Å². The molecule has 1 N–H and O–H groups in total. The zero-order valence-electron chi connectivity index (χ0n) is 11.4. The number of fused-ring (bicyclic) bond motifs is 2. The van der Waals surface area contributed by atoms with Crippen LogP contribution in [0.25, 0.3) is 21.9 Å². The van der Waals surface area contributed by atoms with Crippen molar-refractivity contribution >= 4 is 21.9 Å². The minimum Gasteiger partial charge on any atom is -0.492 e. The Morgan fingerprint density at radius 2 is 1.95 bits per heavy atom. The molecule has 0 amide bonds. The standard InChI is InChI=1S/C16H17NO3/c1-18-15-12-5-8-19-14(12)13(10-3-2-6-17-9-10)11-4-7-20-16(11)15/h4-5,7-8,10,17H,2-3,6,9H2,1H3. The Morgan fingerprint density at radius 1 is 1.15 bits per heavy atom. The third kappa shape index (κ3) is 1.58. The highest BCUT2D eigenvalue weighted by Crippen LogP contribution is 2.43. The van der Waals surface area contributed by atoms with E-state index in [2.05, 4.69) is 5.32 Å². The van der Waals surface area contributed by atoms with Gasteiger partial charge in [-0.2, -0.15) is 0 Å². The highest BCUT2D eigenvalue weighted by atomic mass is 16.5. The highest BCUT2D eigenvalue weighted by Gasteiger charge is 2.26. The largest absolute Gasteiger partial charge is 0.492 e. The Labute approximate surface area is 116 Å². The second-order valence-corrected chi connectivity index (χ2v) is 5.32. The second-order valence-electron chi connectivity index (χ2n) is 5.32. The maximum Gasteiger partial charge on any atom is 0.176 e. The third-order valence-corrected chi connectivity index (χ3v) is 4.23. The van der Waals surface area contributed by atoms with Gasteiger partial charge in [-0.15, -0.1) is 0 Å². The normalized spacial score (nSPS) is 19.8. The molecule has 1 unspecified atom stereocenters. The van der Waals surface area contributed by atoms with Crippen molar-refractivity contribution in [2.24, 2.45) is 0 Å². The number of rotatable bonds is 2. The number of hydrogen-bond donors (Lipinski definition) is 1. The summed E-state index contributed by atoms with van der Waals surface area (Å²) in [6, 6.07) is 3.97. The topological polar surface area (TPSA) is 47.5 Å². The van der Waals surface area contributed by atoms with Crippen molar-refractivity contribution in [1.82, 2.24) is 5.32 Å². The SMILES string of the molecule is COc1c2ccoc2c(C2CCCNC2)c2ccoc12. The van der Waals surface area contributed by atoms with Gasteiger partial charge in [-0.1, -0.05) is 0 Å². The number of methoxy groups -OCH3 is 1. The average molecular weight is 271 g/mol. The van der Waals surface area contributed by atoms with E-state index in [0.717, 1.165) is 40.8 Å². The fourth-order valence-corrected chi connectivity index (χ4v) is 3.34. The second kappa shape index (κ2) is 4.56. The predicted octanol–water partition coefficient (Wildman–Crippen LogP) is 3.65. The van der Waals surface area contributed by atoms with Crippen LogP contribution in [0.3, 0.4) is 0 Å². The molecule has 4 heteroatoms. The van der Waals surface area contributed by atoms with Crippen LogP contribution in [-0.2, 0) is 0 Å².